The number of carbonyl (C=O) groups is 1. The molecule has 0 spiro atoms. The van der Waals surface area contributed by atoms with Crippen molar-refractivity contribution in [1.29, 1.82) is 0 Å². The van der Waals surface area contributed by atoms with E-state index >= 15 is 0 Å². The fraction of sp³-hybridized carbons (Fsp3) is 0.800. The molecule has 2 N–H and O–H groups in total. The van der Waals surface area contributed by atoms with Crippen LogP contribution in [0.4, 0.5) is 0 Å². The topological polar surface area (TPSA) is 110 Å². The number of nitrogens with two attached hydrogens (primary N) is 1. The Hall–Kier alpha value is 0.690. The van der Waals surface area contributed by atoms with Gasteiger partial charge in [-0.05, 0) is 18.4 Å². The van der Waals surface area contributed by atoms with E-state index < -0.39 is 22.4 Å². The van der Waals surface area contributed by atoms with E-state index in [0.717, 1.165) is 0 Å². The summed E-state index contributed by atoms with van der Waals surface area (Å²) in [7, 11) is -4.98. The van der Waals surface area contributed by atoms with Crippen molar-refractivity contribution in [3.8, 4) is 0 Å². The predicted octanol–water partition coefficient (Wildman–Crippen LogP) is -3.93. The van der Waals surface area contributed by atoms with Crippen LogP contribution in [0.1, 0.15) is 6.42 Å². The van der Waals surface area contributed by atoms with Crippen molar-refractivity contribution in [3.63, 3.8) is 0 Å². The van der Waals surface area contributed by atoms with Crippen molar-refractivity contribution in [2.45, 2.75) is 12.5 Å². The first kappa shape index (κ1) is 17.1. The van der Waals surface area contributed by atoms with Crippen LogP contribution in [0.2, 0.25) is 0 Å². The first-order valence-electron chi connectivity index (χ1n) is 3.30. The third-order valence-corrected chi connectivity index (χ3v) is 2.13. The molecule has 0 bridgehead atoms. The smallest absolute Gasteiger partial charge is 0.716 e. The van der Waals surface area contributed by atoms with E-state index in [-0.39, 0.29) is 36.0 Å². The predicted molar refractivity (Wildman–Crippen MR) is 46.8 cm³/mol. The summed E-state index contributed by atoms with van der Waals surface area (Å²) in [5.74, 6) is -0.612. The van der Waals surface area contributed by atoms with Gasteiger partial charge in [-0.25, -0.2) is 13.2 Å². The molecule has 0 aromatic heterocycles. The summed E-state index contributed by atoms with van der Waals surface area (Å²) in [6.45, 7) is 0. The molecule has 0 fully saturated rings. The Bertz CT molecular complexity index is 267. The van der Waals surface area contributed by atoms with E-state index in [1.807, 2.05) is 6.26 Å². The average molecular weight is 251 g/mol. The molecule has 0 amide bonds. The molecule has 0 aromatic rings. The van der Waals surface area contributed by atoms with Crippen molar-refractivity contribution in [2.24, 2.45) is 5.73 Å². The van der Waals surface area contributed by atoms with E-state index in [1.165, 1.54) is 11.8 Å². The SMILES string of the molecule is CSCC[C@H](N)C(=O)OS(=O)(=O)[O-].[Na+]. The van der Waals surface area contributed by atoms with Gasteiger partial charge in [-0.2, -0.15) is 11.8 Å². The minimum absolute atomic E-state index is 0. The van der Waals surface area contributed by atoms with Gasteiger partial charge in [0, 0.05) is 0 Å². The molecule has 0 aromatic carbocycles. The van der Waals surface area contributed by atoms with Crippen LogP contribution in [0.3, 0.4) is 0 Å². The molecule has 0 heterocycles. The summed E-state index contributed by atoms with van der Waals surface area (Å²) in [4.78, 5) is 10.7. The summed E-state index contributed by atoms with van der Waals surface area (Å²) >= 11 is 1.45. The standard InChI is InChI=1S/C5H11NO5S2.Na/c1-12-3-2-4(6)5(7)11-13(8,9)10;/h4H,2-3,6H2,1H3,(H,8,9,10);/q;+1/p-1/t4-;/m0./s1. The molecular weight excluding hydrogens is 241 g/mol. The molecule has 0 aliphatic carbocycles. The molecule has 9 heteroatoms. The second-order valence-electron chi connectivity index (χ2n) is 2.20. The molecular formula is C5H10NNaO5S2. The van der Waals surface area contributed by atoms with Crippen molar-refractivity contribution in [3.05, 3.63) is 0 Å². The van der Waals surface area contributed by atoms with Crippen molar-refractivity contribution in [2.75, 3.05) is 12.0 Å². The zero-order valence-corrected chi connectivity index (χ0v) is 11.6. The Morgan fingerprint density at radius 2 is 2.14 bits per heavy atom. The van der Waals surface area contributed by atoms with Gasteiger partial charge in [0.25, 0.3) is 10.4 Å². The fourth-order valence-corrected chi connectivity index (χ4v) is 1.34. The molecule has 0 aliphatic heterocycles. The Labute approximate surface area is 109 Å². The van der Waals surface area contributed by atoms with Crippen LogP contribution < -0.4 is 35.3 Å². The molecule has 0 unspecified atom stereocenters. The molecule has 1 atom stereocenters. The Kier molecular flexibility index (Phi) is 9.66. The van der Waals surface area contributed by atoms with Crippen LogP contribution in [0.25, 0.3) is 0 Å². The maximum atomic E-state index is 10.7. The zero-order chi connectivity index (χ0) is 10.5. The van der Waals surface area contributed by atoms with Crippen LogP contribution in [0.15, 0.2) is 0 Å². The van der Waals surface area contributed by atoms with Crippen molar-refractivity contribution < 1.29 is 51.5 Å². The number of carbonyl (C=O) groups excluding carboxylic acids is 1. The first-order chi connectivity index (χ1) is 5.87. The molecule has 0 aliphatic rings. The molecule has 0 saturated carbocycles. The van der Waals surface area contributed by atoms with Gasteiger partial charge in [0.2, 0.25) is 0 Å². The monoisotopic (exact) mass is 251 g/mol. The van der Waals surface area contributed by atoms with Crippen LogP contribution in [-0.4, -0.2) is 37.0 Å². The minimum Gasteiger partial charge on any atom is -0.716 e. The van der Waals surface area contributed by atoms with Gasteiger partial charge in [0.1, 0.15) is 6.04 Å². The van der Waals surface area contributed by atoms with Crippen LogP contribution >= 0.6 is 11.8 Å². The van der Waals surface area contributed by atoms with Crippen molar-refractivity contribution in [1.82, 2.24) is 0 Å². The molecule has 14 heavy (non-hydrogen) atoms. The van der Waals surface area contributed by atoms with Gasteiger partial charge in [-0.3, -0.25) is 0 Å². The van der Waals surface area contributed by atoms with Gasteiger partial charge in [-0.15, -0.1) is 0 Å². The second kappa shape index (κ2) is 7.91. The van der Waals surface area contributed by atoms with E-state index in [9.17, 15) is 17.8 Å². The van der Waals surface area contributed by atoms with Crippen molar-refractivity contribution >= 4 is 28.1 Å². The van der Waals surface area contributed by atoms with E-state index in [4.69, 9.17) is 5.73 Å². The fourth-order valence-electron chi connectivity index (χ4n) is 0.525. The zero-order valence-electron chi connectivity index (χ0n) is 7.93. The molecule has 0 saturated heterocycles. The van der Waals surface area contributed by atoms with Gasteiger partial charge in [0.05, 0.1) is 0 Å². The third-order valence-electron chi connectivity index (χ3n) is 1.12. The summed E-state index contributed by atoms with van der Waals surface area (Å²) in [5.41, 5.74) is 5.22. The van der Waals surface area contributed by atoms with Crippen LogP contribution in [-0.2, 0) is 19.4 Å². The molecule has 78 valence electrons. The Morgan fingerprint density at radius 1 is 1.64 bits per heavy atom. The number of hydrogen-bond acceptors (Lipinski definition) is 7. The van der Waals surface area contributed by atoms with Gasteiger partial charge < -0.3 is 14.5 Å². The maximum Gasteiger partial charge on any atom is 1.00 e. The summed E-state index contributed by atoms with van der Waals surface area (Å²) < 4.78 is 33.4. The summed E-state index contributed by atoms with van der Waals surface area (Å²) in [6.07, 6.45) is 2.08. The quantitative estimate of drug-likeness (QED) is 0.302. The van der Waals surface area contributed by atoms with E-state index in [1.54, 1.807) is 0 Å². The number of rotatable bonds is 5. The molecule has 0 radical (unpaired) electrons. The summed E-state index contributed by atoms with van der Waals surface area (Å²) in [5, 5.41) is 0. The molecule has 0 rings (SSSR count). The molecule has 6 nitrogen and oxygen atoms in total. The second-order valence-corrected chi connectivity index (χ2v) is 4.17. The Morgan fingerprint density at radius 3 is 2.50 bits per heavy atom. The normalized spacial score (nSPS) is 12.8. The summed E-state index contributed by atoms with van der Waals surface area (Å²) in [6, 6.07) is -1.06. The van der Waals surface area contributed by atoms with Crippen LogP contribution in [0.5, 0.6) is 0 Å². The largest absolute Gasteiger partial charge is 1.00 e. The van der Waals surface area contributed by atoms with E-state index in [2.05, 4.69) is 4.18 Å². The van der Waals surface area contributed by atoms with Gasteiger partial charge in [-0.1, -0.05) is 0 Å². The van der Waals surface area contributed by atoms with Gasteiger partial charge >= 0.3 is 35.5 Å². The number of thioether (sulfide) groups is 1. The van der Waals surface area contributed by atoms with E-state index in [0.29, 0.717) is 5.75 Å². The maximum absolute atomic E-state index is 10.7. The van der Waals surface area contributed by atoms with Crippen LogP contribution in [0, 0.1) is 0 Å². The third kappa shape index (κ3) is 9.25. The Balaban J connectivity index is 0. The number of hydrogen-bond donors (Lipinski definition) is 1. The first-order valence-corrected chi connectivity index (χ1v) is 6.03. The van der Waals surface area contributed by atoms with Gasteiger partial charge in [0.15, 0.2) is 0 Å². The minimum atomic E-state index is -4.98. The average Bonchev–Trinajstić information content (AvgIpc) is 1.96.